The van der Waals surface area contributed by atoms with E-state index in [1.54, 1.807) is 11.3 Å². The summed E-state index contributed by atoms with van der Waals surface area (Å²) in [6.07, 6.45) is 1.87. The van der Waals surface area contributed by atoms with Crippen LogP contribution < -0.4 is 4.90 Å². The lowest BCUT2D eigenvalue weighted by atomic mass is 9.94. The average Bonchev–Trinajstić information content (AvgIpc) is 3.08. The van der Waals surface area contributed by atoms with Crippen molar-refractivity contribution in [2.45, 2.75) is 39.7 Å². The molecule has 0 saturated carbocycles. The first-order chi connectivity index (χ1) is 10.4. The van der Waals surface area contributed by atoms with Gasteiger partial charge in [0.05, 0.1) is 18.4 Å². The molecular weight excluding hydrogens is 296 g/mol. The van der Waals surface area contributed by atoms with Gasteiger partial charge in [-0.3, -0.25) is 4.90 Å². The number of hydrogen-bond donors (Lipinski definition) is 0. The molecule has 0 unspecified atom stereocenters. The molecule has 0 aromatic carbocycles. The van der Waals surface area contributed by atoms with Crippen LogP contribution in [0.3, 0.4) is 0 Å². The molecule has 2 aromatic heterocycles. The monoisotopic (exact) mass is 320 g/mol. The summed E-state index contributed by atoms with van der Waals surface area (Å²) in [7, 11) is 0. The molecule has 1 aliphatic rings. The van der Waals surface area contributed by atoms with Gasteiger partial charge in [0.25, 0.3) is 0 Å². The fraction of sp³-hybridized carbons (Fsp3) is 0.625. The van der Waals surface area contributed by atoms with Crippen molar-refractivity contribution in [3.63, 3.8) is 0 Å². The summed E-state index contributed by atoms with van der Waals surface area (Å²) in [4.78, 5) is 13.8. The summed E-state index contributed by atoms with van der Waals surface area (Å²) < 4.78 is 5.89. The molecule has 22 heavy (non-hydrogen) atoms. The Bertz CT molecular complexity index is 620. The number of hydrogen-bond acceptors (Lipinski definition) is 6. The van der Waals surface area contributed by atoms with Crippen molar-refractivity contribution in [3.8, 4) is 0 Å². The van der Waals surface area contributed by atoms with Crippen LogP contribution in [0.15, 0.2) is 16.0 Å². The van der Waals surface area contributed by atoms with Gasteiger partial charge < -0.3 is 9.32 Å². The Labute approximate surface area is 136 Å². The summed E-state index contributed by atoms with van der Waals surface area (Å²) in [6, 6.07) is 0. The summed E-state index contributed by atoms with van der Waals surface area (Å²) in [5.74, 6) is 1.78. The molecule has 3 rings (SSSR count). The van der Waals surface area contributed by atoms with Crippen LogP contribution in [0, 0.1) is 6.92 Å². The van der Waals surface area contributed by atoms with Gasteiger partial charge in [-0.2, -0.15) is 0 Å². The van der Waals surface area contributed by atoms with E-state index in [1.807, 2.05) is 13.1 Å². The molecule has 120 valence electrons. The average molecular weight is 320 g/mol. The zero-order valence-corrected chi connectivity index (χ0v) is 14.6. The van der Waals surface area contributed by atoms with Crippen LogP contribution in [0.25, 0.3) is 0 Å². The lowest BCUT2D eigenvalue weighted by Gasteiger charge is -2.33. The molecule has 5 nitrogen and oxygen atoms in total. The van der Waals surface area contributed by atoms with Gasteiger partial charge in [-0.15, -0.1) is 11.3 Å². The Morgan fingerprint density at radius 1 is 1.23 bits per heavy atom. The molecule has 0 spiro atoms. The van der Waals surface area contributed by atoms with E-state index < -0.39 is 0 Å². The molecule has 2 aromatic rings. The molecule has 1 aliphatic heterocycles. The van der Waals surface area contributed by atoms with Gasteiger partial charge in [-0.1, -0.05) is 20.8 Å². The molecule has 0 atom stereocenters. The quantitative estimate of drug-likeness (QED) is 0.870. The van der Waals surface area contributed by atoms with E-state index in [2.05, 4.69) is 45.9 Å². The van der Waals surface area contributed by atoms with E-state index in [9.17, 15) is 0 Å². The summed E-state index contributed by atoms with van der Waals surface area (Å²) in [5.41, 5.74) is 1.13. The highest BCUT2D eigenvalue weighted by molar-refractivity contribution is 7.13. The third kappa shape index (κ3) is 3.50. The van der Waals surface area contributed by atoms with Crippen LogP contribution in [0.5, 0.6) is 0 Å². The van der Waals surface area contributed by atoms with E-state index in [0.717, 1.165) is 55.2 Å². The van der Waals surface area contributed by atoms with E-state index in [0.29, 0.717) is 0 Å². The number of oxazole rings is 1. The third-order valence-electron chi connectivity index (χ3n) is 3.90. The highest BCUT2D eigenvalue weighted by atomic mass is 32.1. The second-order valence-electron chi connectivity index (χ2n) is 6.90. The van der Waals surface area contributed by atoms with Crippen molar-refractivity contribution in [3.05, 3.63) is 28.9 Å². The maximum absolute atomic E-state index is 5.89. The first-order valence-corrected chi connectivity index (χ1v) is 8.64. The Balaban J connectivity index is 1.55. The van der Waals surface area contributed by atoms with Crippen molar-refractivity contribution >= 4 is 16.5 Å². The topological polar surface area (TPSA) is 45.4 Å². The maximum Gasteiger partial charge on any atom is 0.208 e. The van der Waals surface area contributed by atoms with Crippen molar-refractivity contribution in [2.75, 3.05) is 31.1 Å². The predicted molar refractivity (Wildman–Crippen MR) is 89.5 cm³/mol. The van der Waals surface area contributed by atoms with Gasteiger partial charge in [0.15, 0.2) is 5.13 Å². The van der Waals surface area contributed by atoms with Crippen molar-refractivity contribution in [2.24, 2.45) is 0 Å². The Kier molecular flexibility index (Phi) is 4.23. The van der Waals surface area contributed by atoms with Crippen LogP contribution in [0.2, 0.25) is 0 Å². The van der Waals surface area contributed by atoms with Gasteiger partial charge in [-0.05, 0) is 6.92 Å². The van der Waals surface area contributed by atoms with Crippen molar-refractivity contribution in [1.29, 1.82) is 0 Å². The first kappa shape index (κ1) is 15.5. The van der Waals surface area contributed by atoms with E-state index in [-0.39, 0.29) is 5.41 Å². The number of aromatic nitrogens is 2. The van der Waals surface area contributed by atoms with E-state index in [1.165, 1.54) is 0 Å². The molecule has 0 amide bonds. The predicted octanol–water partition coefficient (Wildman–Crippen LogP) is 3.06. The molecule has 0 aliphatic carbocycles. The highest BCUT2D eigenvalue weighted by Gasteiger charge is 2.22. The Hall–Kier alpha value is -1.40. The van der Waals surface area contributed by atoms with Crippen LogP contribution in [-0.4, -0.2) is 41.0 Å². The highest BCUT2D eigenvalue weighted by Crippen LogP contribution is 2.24. The summed E-state index contributed by atoms with van der Waals surface area (Å²) in [5, 5.41) is 3.26. The largest absolute Gasteiger partial charge is 0.444 e. The van der Waals surface area contributed by atoms with Gasteiger partial charge >= 0.3 is 0 Å². The molecule has 1 fully saturated rings. The minimum Gasteiger partial charge on any atom is -0.444 e. The maximum atomic E-state index is 5.89. The smallest absolute Gasteiger partial charge is 0.208 e. The second-order valence-corrected chi connectivity index (χ2v) is 7.74. The fourth-order valence-corrected chi connectivity index (χ4v) is 3.36. The fourth-order valence-electron chi connectivity index (χ4n) is 2.51. The van der Waals surface area contributed by atoms with Crippen LogP contribution >= 0.6 is 11.3 Å². The minimum absolute atomic E-state index is 0.0205. The first-order valence-electron chi connectivity index (χ1n) is 7.76. The zero-order chi connectivity index (χ0) is 15.7. The molecule has 3 heterocycles. The number of aryl methyl sites for hydroxylation is 1. The standard InChI is InChI=1S/C16H24N4OS/c1-12-11-22-15(18-12)20-7-5-19(6-8-20)10-14-17-9-13(21-14)16(2,3)4/h9,11H,5-8,10H2,1-4H3. The lowest BCUT2D eigenvalue weighted by molar-refractivity contribution is 0.221. The summed E-state index contributed by atoms with van der Waals surface area (Å²) >= 11 is 1.73. The van der Waals surface area contributed by atoms with Gasteiger partial charge in [0.1, 0.15) is 5.76 Å². The second kappa shape index (κ2) is 6.01. The van der Waals surface area contributed by atoms with Crippen molar-refractivity contribution in [1.82, 2.24) is 14.9 Å². The minimum atomic E-state index is 0.0205. The molecule has 0 radical (unpaired) electrons. The van der Waals surface area contributed by atoms with Crippen LogP contribution in [0.1, 0.15) is 38.1 Å². The number of thiazole rings is 1. The van der Waals surface area contributed by atoms with E-state index >= 15 is 0 Å². The van der Waals surface area contributed by atoms with Gasteiger partial charge in [0.2, 0.25) is 5.89 Å². The Morgan fingerprint density at radius 3 is 2.50 bits per heavy atom. The number of nitrogens with zero attached hydrogens (tertiary/aromatic N) is 4. The lowest BCUT2D eigenvalue weighted by Crippen LogP contribution is -2.46. The summed E-state index contributed by atoms with van der Waals surface area (Å²) in [6.45, 7) is 13.3. The third-order valence-corrected chi connectivity index (χ3v) is 4.92. The zero-order valence-electron chi connectivity index (χ0n) is 13.8. The molecular formula is C16H24N4OS. The molecule has 6 heteroatoms. The number of anilines is 1. The van der Waals surface area contributed by atoms with Crippen LogP contribution in [0.4, 0.5) is 5.13 Å². The molecule has 0 bridgehead atoms. The van der Waals surface area contributed by atoms with Gasteiger partial charge in [-0.25, -0.2) is 9.97 Å². The Morgan fingerprint density at radius 2 is 1.95 bits per heavy atom. The van der Waals surface area contributed by atoms with Crippen LogP contribution in [-0.2, 0) is 12.0 Å². The van der Waals surface area contributed by atoms with E-state index in [4.69, 9.17) is 4.42 Å². The number of rotatable bonds is 3. The molecule has 0 N–H and O–H groups in total. The number of piperazine rings is 1. The normalized spacial score (nSPS) is 17.2. The SMILES string of the molecule is Cc1csc(N2CCN(Cc3ncc(C(C)(C)C)o3)CC2)n1. The molecule has 1 saturated heterocycles. The van der Waals surface area contributed by atoms with Gasteiger partial charge in [0, 0.05) is 37.0 Å². The van der Waals surface area contributed by atoms with Crippen molar-refractivity contribution < 1.29 is 4.42 Å².